The standard InChI is InChI=1S/C18H25NO6/c1-17(2,3)25-16(24)19-10-13(20)14(21)11-6-4-5-7-12(11)18(8-9-18)15(22)23/h4-7,13-14,20-21H,8-10H2,1-3H3,(H,19,24)(H,22,23). The van der Waals surface area contributed by atoms with Gasteiger partial charge in [-0.2, -0.15) is 0 Å². The van der Waals surface area contributed by atoms with Crippen LogP contribution in [0.3, 0.4) is 0 Å². The number of carbonyl (C=O) groups excluding carboxylic acids is 1. The van der Waals surface area contributed by atoms with Gasteiger partial charge in [0.05, 0.1) is 5.41 Å². The van der Waals surface area contributed by atoms with Crippen LogP contribution in [0.5, 0.6) is 0 Å². The van der Waals surface area contributed by atoms with E-state index in [-0.39, 0.29) is 6.54 Å². The Morgan fingerprint density at radius 2 is 1.84 bits per heavy atom. The van der Waals surface area contributed by atoms with E-state index in [1.54, 1.807) is 45.0 Å². The first-order chi connectivity index (χ1) is 11.6. The van der Waals surface area contributed by atoms with E-state index in [0.717, 1.165) is 0 Å². The molecule has 25 heavy (non-hydrogen) atoms. The molecule has 2 rings (SSSR count). The molecule has 1 amide bonds. The second-order valence-electron chi connectivity index (χ2n) is 7.37. The third-order valence-electron chi connectivity index (χ3n) is 4.17. The number of nitrogens with one attached hydrogen (secondary N) is 1. The predicted molar refractivity (Wildman–Crippen MR) is 90.2 cm³/mol. The smallest absolute Gasteiger partial charge is 0.407 e. The molecule has 0 saturated heterocycles. The molecule has 2 atom stereocenters. The van der Waals surface area contributed by atoms with Crippen LogP contribution < -0.4 is 5.32 Å². The van der Waals surface area contributed by atoms with Gasteiger partial charge in [0.2, 0.25) is 0 Å². The van der Waals surface area contributed by atoms with Gasteiger partial charge in [0.1, 0.15) is 17.8 Å². The highest BCUT2D eigenvalue weighted by Gasteiger charge is 2.53. The van der Waals surface area contributed by atoms with Crippen LogP contribution >= 0.6 is 0 Å². The number of rotatable bonds is 6. The number of aliphatic carboxylic acids is 1. The lowest BCUT2D eigenvalue weighted by atomic mass is 9.87. The van der Waals surface area contributed by atoms with Gasteiger partial charge in [-0.1, -0.05) is 24.3 Å². The SMILES string of the molecule is CC(C)(C)OC(=O)NCC(O)C(O)c1ccccc1C1(C(=O)O)CC1. The maximum Gasteiger partial charge on any atom is 0.407 e. The van der Waals surface area contributed by atoms with E-state index in [4.69, 9.17) is 4.74 Å². The van der Waals surface area contributed by atoms with E-state index in [0.29, 0.717) is 24.0 Å². The van der Waals surface area contributed by atoms with Crippen molar-refractivity contribution in [3.05, 3.63) is 35.4 Å². The van der Waals surface area contributed by atoms with E-state index in [1.807, 2.05) is 0 Å². The summed E-state index contributed by atoms with van der Waals surface area (Å²) < 4.78 is 5.07. The second kappa shape index (κ2) is 7.01. The third-order valence-corrected chi connectivity index (χ3v) is 4.17. The van der Waals surface area contributed by atoms with Crippen LogP contribution in [0.25, 0.3) is 0 Å². The molecule has 0 aromatic heterocycles. The van der Waals surface area contributed by atoms with Gasteiger partial charge in [-0.25, -0.2) is 4.79 Å². The summed E-state index contributed by atoms with van der Waals surface area (Å²) in [6, 6.07) is 6.64. The Kier molecular flexibility index (Phi) is 5.39. The zero-order valence-electron chi connectivity index (χ0n) is 14.7. The molecule has 1 fully saturated rings. The number of hydrogen-bond donors (Lipinski definition) is 4. The van der Waals surface area contributed by atoms with Crippen molar-refractivity contribution in [2.24, 2.45) is 0 Å². The third kappa shape index (κ3) is 4.49. The van der Waals surface area contributed by atoms with Gasteiger partial charge < -0.3 is 25.4 Å². The van der Waals surface area contributed by atoms with Crippen LogP contribution in [-0.2, 0) is 14.9 Å². The molecule has 1 saturated carbocycles. The van der Waals surface area contributed by atoms with Gasteiger partial charge in [0.25, 0.3) is 0 Å². The summed E-state index contributed by atoms with van der Waals surface area (Å²) in [4.78, 5) is 23.2. The molecule has 7 nitrogen and oxygen atoms in total. The Labute approximate surface area is 146 Å². The van der Waals surface area contributed by atoms with E-state index < -0.39 is 35.3 Å². The summed E-state index contributed by atoms with van der Waals surface area (Å²) in [7, 11) is 0. The zero-order chi connectivity index (χ0) is 18.8. The highest BCUT2D eigenvalue weighted by molar-refractivity contribution is 5.85. The highest BCUT2D eigenvalue weighted by atomic mass is 16.6. The molecule has 4 N–H and O–H groups in total. The van der Waals surface area contributed by atoms with E-state index >= 15 is 0 Å². The summed E-state index contributed by atoms with van der Waals surface area (Å²) in [5.41, 5.74) is -0.789. The predicted octanol–water partition coefficient (Wildman–Crippen LogP) is 1.72. The molecule has 1 aliphatic rings. The number of carboxylic acid groups (broad SMARTS) is 1. The molecule has 0 spiro atoms. The van der Waals surface area contributed by atoms with Crippen LogP contribution in [0.1, 0.15) is 50.8 Å². The molecule has 0 heterocycles. The molecule has 0 radical (unpaired) electrons. The molecular formula is C18H25NO6. The topological polar surface area (TPSA) is 116 Å². The number of ether oxygens (including phenoxy) is 1. The first kappa shape index (κ1) is 19.2. The molecule has 0 bridgehead atoms. The van der Waals surface area contributed by atoms with E-state index in [2.05, 4.69) is 5.32 Å². The fourth-order valence-electron chi connectivity index (χ4n) is 2.74. The number of hydrogen-bond acceptors (Lipinski definition) is 5. The van der Waals surface area contributed by atoms with Gasteiger partial charge in [0.15, 0.2) is 0 Å². The van der Waals surface area contributed by atoms with Crippen LogP contribution in [0, 0.1) is 0 Å². The normalized spacial score (nSPS) is 18.1. The minimum Gasteiger partial charge on any atom is -0.481 e. The Morgan fingerprint density at radius 3 is 2.36 bits per heavy atom. The fourth-order valence-corrected chi connectivity index (χ4v) is 2.74. The number of carboxylic acids is 1. The summed E-state index contributed by atoms with van der Waals surface area (Å²) in [6.45, 7) is 4.93. The number of aliphatic hydroxyl groups excluding tert-OH is 2. The van der Waals surface area contributed by atoms with Crippen molar-refractivity contribution in [1.29, 1.82) is 0 Å². The number of alkyl carbamates (subject to hydrolysis) is 1. The van der Waals surface area contributed by atoms with Gasteiger partial charge in [0, 0.05) is 6.54 Å². The summed E-state index contributed by atoms with van der Waals surface area (Å²) in [5, 5.41) is 32.5. The Hall–Kier alpha value is -2.12. The van der Waals surface area contributed by atoms with Crippen molar-refractivity contribution in [2.45, 2.75) is 56.8 Å². The molecular weight excluding hydrogens is 326 g/mol. The highest BCUT2D eigenvalue weighted by Crippen LogP contribution is 2.50. The number of amides is 1. The molecule has 1 aromatic rings. The molecule has 1 aromatic carbocycles. The van der Waals surface area contributed by atoms with Crippen molar-refractivity contribution in [3.63, 3.8) is 0 Å². The lowest BCUT2D eigenvalue weighted by Gasteiger charge is -2.24. The molecule has 2 unspecified atom stereocenters. The van der Waals surface area contributed by atoms with Crippen molar-refractivity contribution < 1.29 is 29.6 Å². The average Bonchev–Trinajstić information content (AvgIpc) is 3.32. The lowest BCUT2D eigenvalue weighted by Crippen LogP contribution is -2.39. The fraction of sp³-hybridized carbons (Fsp3) is 0.556. The maximum atomic E-state index is 11.6. The molecule has 0 aliphatic heterocycles. The Balaban J connectivity index is 2.07. The Bertz CT molecular complexity index is 647. The van der Waals surface area contributed by atoms with Crippen molar-refractivity contribution in [2.75, 3.05) is 6.54 Å². The minimum atomic E-state index is -1.32. The van der Waals surface area contributed by atoms with Crippen LogP contribution in [0.15, 0.2) is 24.3 Å². The van der Waals surface area contributed by atoms with Gasteiger partial charge >= 0.3 is 12.1 Å². The summed E-state index contributed by atoms with van der Waals surface area (Å²) in [5.74, 6) is -0.937. The van der Waals surface area contributed by atoms with E-state index in [1.165, 1.54) is 0 Å². The van der Waals surface area contributed by atoms with Gasteiger partial charge in [-0.3, -0.25) is 4.79 Å². The van der Waals surface area contributed by atoms with Crippen molar-refractivity contribution in [1.82, 2.24) is 5.32 Å². The van der Waals surface area contributed by atoms with E-state index in [9.17, 15) is 24.9 Å². The first-order valence-electron chi connectivity index (χ1n) is 8.22. The second-order valence-corrected chi connectivity index (χ2v) is 7.37. The van der Waals surface area contributed by atoms with Crippen LogP contribution in [0.2, 0.25) is 0 Å². The summed E-state index contributed by atoms with van der Waals surface area (Å²) >= 11 is 0. The largest absolute Gasteiger partial charge is 0.481 e. The summed E-state index contributed by atoms with van der Waals surface area (Å²) in [6.07, 6.45) is -2.31. The number of carbonyl (C=O) groups is 2. The van der Waals surface area contributed by atoms with Gasteiger partial charge in [-0.15, -0.1) is 0 Å². The van der Waals surface area contributed by atoms with Crippen molar-refractivity contribution in [3.8, 4) is 0 Å². The average molecular weight is 351 g/mol. The first-order valence-corrected chi connectivity index (χ1v) is 8.22. The lowest BCUT2D eigenvalue weighted by molar-refractivity contribution is -0.140. The molecule has 138 valence electrons. The number of benzene rings is 1. The monoisotopic (exact) mass is 351 g/mol. The van der Waals surface area contributed by atoms with Crippen LogP contribution in [0.4, 0.5) is 4.79 Å². The molecule has 7 heteroatoms. The zero-order valence-corrected chi connectivity index (χ0v) is 14.7. The minimum absolute atomic E-state index is 0.218. The maximum absolute atomic E-state index is 11.6. The quantitative estimate of drug-likeness (QED) is 0.620. The number of aliphatic hydroxyl groups is 2. The van der Waals surface area contributed by atoms with Gasteiger partial charge in [-0.05, 0) is 44.7 Å². The molecule has 1 aliphatic carbocycles. The Morgan fingerprint density at radius 1 is 1.24 bits per heavy atom. The van der Waals surface area contributed by atoms with Crippen LogP contribution in [-0.4, -0.2) is 45.6 Å². The van der Waals surface area contributed by atoms with Crippen molar-refractivity contribution >= 4 is 12.1 Å².